The van der Waals surface area contributed by atoms with E-state index in [1.807, 2.05) is 4.90 Å². The SMILES string of the molecule is C#CCN(CC1CC1)C(=O)CC1CCCN1. The van der Waals surface area contributed by atoms with Crippen molar-refractivity contribution >= 4 is 5.91 Å². The van der Waals surface area contributed by atoms with Crippen LogP contribution in [0.4, 0.5) is 0 Å². The number of amides is 1. The molecule has 1 aliphatic heterocycles. The lowest BCUT2D eigenvalue weighted by molar-refractivity contribution is -0.131. The molecule has 1 saturated heterocycles. The largest absolute Gasteiger partial charge is 0.331 e. The van der Waals surface area contributed by atoms with Gasteiger partial charge in [0.05, 0.1) is 6.54 Å². The summed E-state index contributed by atoms with van der Waals surface area (Å²) in [6.45, 7) is 2.40. The van der Waals surface area contributed by atoms with E-state index in [-0.39, 0.29) is 5.91 Å². The van der Waals surface area contributed by atoms with E-state index in [9.17, 15) is 4.79 Å². The fourth-order valence-electron chi connectivity index (χ4n) is 2.25. The lowest BCUT2D eigenvalue weighted by atomic mass is 10.1. The van der Waals surface area contributed by atoms with Gasteiger partial charge < -0.3 is 10.2 Å². The van der Waals surface area contributed by atoms with Gasteiger partial charge >= 0.3 is 0 Å². The van der Waals surface area contributed by atoms with E-state index in [2.05, 4.69) is 11.2 Å². The van der Waals surface area contributed by atoms with Crippen LogP contribution in [0.15, 0.2) is 0 Å². The molecule has 16 heavy (non-hydrogen) atoms. The highest BCUT2D eigenvalue weighted by molar-refractivity contribution is 5.77. The predicted molar refractivity (Wildman–Crippen MR) is 63.8 cm³/mol. The van der Waals surface area contributed by atoms with Crippen molar-refractivity contribution in [3.63, 3.8) is 0 Å². The zero-order valence-electron chi connectivity index (χ0n) is 9.74. The Balaban J connectivity index is 1.80. The second-order valence-electron chi connectivity index (χ2n) is 4.92. The first-order valence-corrected chi connectivity index (χ1v) is 6.24. The van der Waals surface area contributed by atoms with Crippen molar-refractivity contribution < 1.29 is 4.79 Å². The third-order valence-electron chi connectivity index (χ3n) is 3.39. The molecular weight excluding hydrogens is 200 g/mol. The molecule has 1 aliphatic carbocycles. The molecule has 2 fully saturated rings. The summed E-state index contributed by atoms with van der Waals surface area (Å²) < 4.78 is 0. The van der Waals surface area contributed by atoms with E-state index in [0.717, 1.165) is 19.5 Å². The van der Waals surface area contributed by atoms with Crippen molar-refractivity contribution in [2.24, 2.45) is 5.92 Å². The Kier molecular flexibility index (Phi) is 3.84. The molecule has 0 bridgehead atoms. The topological polar surface area (TPSA) is 32.3 Å². The van der Waals surface area contributed by atoms with Crippen molar-refractivity contribution in [2.45, 2.75) is 38.1 Å². The van der Waals surface area contributed by atoms with E-state index in [4.69, 9.17) is 6.42 Å². The summed E-state index contributed by atoms with van der Waals surface area (Å²) in [4.78, 5) is 13.9. The van der Waals surface area contributed by atoms with Gasteiger partial charge in [0.15, 0.2) is 0 Å². The minimum absolute atomic E-state index is 0.226. The van der Waals surface area contributed by atoms with E-state index < -0.39 is 0 Å². The fourth-order valence-corrected chi connectivity index (χ4v) is 2.25. The van der Waals surface area contributed by atoms with E-state index >= 15 is 0 Å². The number of terminal acetylenes is 1. The fraction of sp³-hybridized carbons (Fsp3) is 0.769. The predicted octanol–water partition coefficient (Wildman–Crippen LogP) is 1.00. The normalized spacial score (nSPS) is 24.1. The van der Waals surface area contributed by atoms with Crippen molar-refractivity contribution in [3.05, 3.63) is 0 Å². The standard InChI is InChI=1S/C13H20N2O/c1-2-8-15(10-11-5-6-11)13(16)9-12-4-3-7-14-12/h1,11-12,14H,3-10H2. The molecule has 1 amide bonds. The number of carbonyl (C=O) groups excluding carboxylic acids is 1. The number of hydrogen-bond donors (Lipinski definition) is 1. The van der Waals surface area contributed by atoms with Gasteiger partial charge in [-0.1, -0.05) is 5.92 Å². The van der Waals surface area contributed by atoms with Gasteiger partial charge in [0.1, 0.15) is 0 Å². The van der Waals surface area contributed by atoms with Crippen LogP contribution in [-0.2, 0) is 4.79 Å². The Bertz CT molecular complexity index is 285. The minimum Gasteiger partial charge on any atom is -0.331 e. The summed E-state index contributed by atoms with van der Waals surface area (Å²) in [5, 5.41) is 3.35. The van der Waals surface area contributed by atoms with Crippen molar-refractivity contribution in [1.82, 2.24) is 10.2 Å². The zero-order valence-corrected chi connectivity index (χ0v) is 9.74. The molecule has 1 atom stereocenters. The lowest BCUT2D eigenvalue weighted by Crippen LogP contribution is -2.37. The molecule has 0 aromatic heterocycles. The molecule has 3 heteroatoms. The lowest BCUT2D eigenvalue weighted by Gasteiger charge is -2.22. The first-order chi connectivity index (χ1) is 7.79. The molecule has 0 radical (unpaired) electrons. The van der Waals surface area contributed by atoms with Gasteiger partial charge in [0.25, 0.3) is 0 Å². The third-order valence-corrected chi connectivity index (χ3v) is 3.39. The molecule has 3 nitrogen and oxygen atoms in total. The van der Waals surface area contributed by atoms with Crippen LogP contribution >= 0.6 is 0 Å². The average molecular weight is 220 g/mol. The highest BCUT2D eigenvalue weighted by Crippen LogP contribution is 2.29. The van der Waals surface area contributed by atoms with Crippen LogP contribution in [0.1, 0.15) is 32.1 Å². The third kappa shape index (κ3) is 3.24. The number of carbonyl (C=O) groups is 1. The number of rotatable bonds is 5. The van der Waals surface area contributed by atoms with Crippen LogP contribution < -0.4 is 5.32 Å². The van der Waals surface area contributed by atoms with Crippen molar-refractivity contribution in [3.8, 4) is 12.3 Å². The Morgan fingerprint density at radius 1 is 1.44 bits per heavy atom. The van der Waals surface area contributed by atoms with E-state index in [1.54, 1.807) is 0 Å². The summed E-state index contributed by atoms with van der Waals surface area (Å²) in [6, 6.07) is 0.381. The molecule has 1 unspecified atom stereocenters. The van der Waals surface area contributed by atoms with Crippen LogP contribution in [0.2, 0.25) is 0 Å². The maximum absolute atomic E-state index is 12.0. The van der Waals surface area contributed by atoms with Crippen LogP contribution in [0, 0.1) is 18.3 Å². The number of nitrogens with zero attached hydrogens (tertiary/aromatic N) is 1. The average Bonchev–Trinajstić information content (AvgIpc) is 2.94. The quantitative estimate of drug-likeness (QED) is 0.701. The van der Waals surface area contributed by atoms with E-state index in [0.29, 0.717) is 24.9 Å². The summed E-state index contributed by atoms with van der Waals surface area (Å²) in [7, 11) is 0. The van der Waals surface area contributed by atoms with Crippen LogP contribution in [0.25, 0.3) is 0 Å². The molecule has 0 spiro atoms. The highest BCUT2D eigenvalue weighted by Gasteiger charge is 2.27. The number of nitrogens with one attached hydrogen (secondary N) is 1. The molecular formula is C13H20N2O. The molecule has 1 saturated carbocycles. The molecule has 88 valence electrons. The Labute approximate surface area is 97.6 Å². The molecule has 0 aromatic rings. The van der Waals surface area contributed by atoms with Gasteiger partial charge in [-0.3, -0.25) is 4.79 Å². The van der Waals surface area contributed by atoms with Crippen LogP contribution in [0.5, 0.6) is 0 Å². The minimum atomic E-state index is 0.226. The van der Waals surface area contributed by atoms with Crippen LogP contribution in [-0.4, -0.2) is 36.5 Å². The molecule has 2 aliphatic rings. The van der Waals surface area contributed by atoms with Gasteiger partial charge in [-0.25, -0.2) is 0 Å². The van der Waals surface area contributed by atoms with Crippen molar-refractivity contribution in [1.29, 1.82) is 0 Å². The Morgan fingerprint density at radius 3 is 2.81 bits per heavy atom. The Hall–Kier alpha value is -1.01. The van der Waals surface area contributed by atoms with Gasteiger partial charge in [0, 0.05) is 19.0 Å². The maximum Gasteiger partial charge on any atom is 0.224 e. The molecule has 1 heterocycles. The Morgan fingerprint density at radius 2 is 2.25 bits per heavy atom. The monoisotopic (exact) mass is 220 g/mol. The summed E-state index contributed by atoms with van der Waals surface area (Å²) in [6.07, 6.45) is 10.8. The molecule has 2 rings (SSSR count). The summed E-state index contributed by atoms with van der Waals surface area (Å²) in [5.74, 6) is 3.53. The zero-order chi connectivity index (χ0) is 11.4. The molecule has 1 N–H and O–H groups in total. The van der Waals surface area contributed by atoms with Gasteiger partial charge in [-0.15, -0.1) is 6.42 Å². The van der Waals surface area contributed by atoms with Gasteiger partial charge in [-0.2, -0.15) is 0 Å². The second-order valence-corrected chi connectivity index (χ2v) is 4.92. The number of hydrogen-bond acceptors (Lipinski definition) is 2. The molecule has 0 aromatic carbocycles. The second kappa shape index (κ2) is 5.36. The first-order valence-electron chi connectivity index (χ1n) is 6.24. The van der Waals surface area contributed by atoms with E-state index in [1.165, 1.54) is 19.3 Å². The van der Waals surface area contributed by atoms with Gasteiger partial charge in [-0.05, 0) is 38.1 Å². The van der Waals surface area contributed by atoms with Gasteiger partial charge in [0.2, 0.25) is 5.91 Å². The van der Waals surface area contributed by atoms with Crippen LogP contribution in [0.3, 0.4) is 0 Å². The summed E-state index contributed by atoms with van der Waals surface area (Å²) in [5.41, 5.74) is 0. The highest BCUT2D eigenvalue weighted by atomic mass is 16.2. The first kappa shape index (κ1) is 11.5. The van der Waals surface area contributed by atoms with Crippen molar-refractivity contribution in [2.75, 3.05) is 19.6 Å². The smallest absolute Gasteiger partial charge is 0.224 e. The maximum atomic E-state index is 12.0. The summed E-state index contributed by atoms with van der Waals surface area (Å²) >= 11 is 0.